The minimum absolute atomic E-state index is 0.00395. The Morgan fingerprint density at radius 2 is 2.21 bits per heavy atom. The quantitative estimate of drug-likeness (QED) is 0.379. The summed E-state index contributed by atoms with van der Waals surface area (Å²) in [4.78, 5) is 25.5. The molecule has 0 saturated heterocycles. The van der Waals surface area contributed by atoms with Gasteiger partial charge in [0.25, 0.3) is 0 Å². The maximum Gasteiger partial charge on any atom is 0.224 e. The van der Waals surface area contributed by atoms with E-state index in [0.29, 0.717) is 16.8 Å². The largest absolute Gasteiger partial charge is 0.321 e. The Labute approximate surface area is 150 Å². The number of halogens is 2. The maximum absolute atomic E-state index is 13.0. The highest BCUT2D eigenvalue weighted by Crippen LogP contribution is 2.61. The Morgan fingerprint density at radius 3 is 2.88 bits per heavy atom. The first-order valence-electron chi connectivity index (χ1n) is 7.47. The number of nitrogens with zero attached hydrogens (tertiary/aromatic N) is 4. The van der Waals surface area contributed by atoms with Crippen LogP contribution in [-0.4, -0.2) is 25.3 Å². The zero-order valence-electron chi connectivity index (χ0n) is 12.3. The van der Waals surface area contributed by atoms with Crippen molar-refractivity contribution >= 4 is 44.3 Å². The first-order valence-corrected chi connectivity index (χ1v) is 8.64. The predicted octanol–water partition coefficient (Wildman–Crippen LogP) is 3.90. The third-order valence-corrected chi connectivity index (χ3v) is 5.45. The zero-order valence-corrected chi connectivity index (χ0v) is 14.7. The van der Waals surface area contributed by atoms with Gasteiger partial charge in [-0.1, -0.05) is 6.08 Å². The minimum Gasteiger partial charge on any atom is -0.321 e. The SMILES string of the molecule is O=C(c1cncc(Br)c1)c1cn(C23CC=C2C3)c2nc(Cl)ncc12. The van der Waals surface area contributed by atoms with Gasteiger partial charge in [-0.2, -0.15) is 4.98 Å². The van der Waals surface area contributed by atoms with E-state index < -0.39 is 0 Å². The van der Waals surface area contributed by atoms with Gasteiger partial charge in [-0.15, -0.1) is 0 Å². The molecule has 0 amide bonds. The molecule has 5 rings (SSSR count). The first kappa shape index (κ1) is 14.3. The molecule has 118 valence electrons. The third kappa shape index (κ3) is 1.87. The second-order valence-corrected chi connectivity index (χ2v) is 7.41. The second kappa shape index (κ2) is 4.74. The summed E-state index contributed by atoms with van der Waals surface area (Å²) >= 11 is 9.35. The van der Waals surface area contributed by atoms with E-state index in [1.807, 2.05) is 6.20 Å². The van der Waals surface area contributed by atoms with Crippen LogP contribution in [0.2, 0.25) is 5.28 Å². The van der Waals surface area contributed by atoms with Crippen LogP contribution in [0.3, 0.4) is 0 Å². The average Bonchev–Trinajstić information content (AvgIpc) is 2.91. The van der Waals surface area contributed by atoms with Crippen molar-refractivity contribution in [2.45, 2.75) is 18.4 Å². The van der Waals surface area contributed by atoms with E-state index in [1.54, 1.807) is 24.7 Å². The normalized spacial score (nSPS) is 21.2. The molecule has 3 aromatic heterocycles. The summed E-state index contributed by atoms with van der Waals surface area (Å²) < 4.78 is 2.85. The smallest absolute Gasteiger partial charge is 0.224 e. The molecule has 0 aromatic carbocycles. The Kier molecular flexibility index (Phi) is 2.82. The average molecular weight is 402 g/mol. The molecule has 0 aliphatic heterocycles. The number of carbonyl (C=O) groups is 1. The molecule has 3 heterocycles. The van der Waals surface area contributed by atoms with E-state index in [-0.39, 0.29) is 16.6 Å². The number of fused-ring (bicyclic) bond motifs is 2. The fraction of sp³-hybridized carbons (Fsp3) is 0.176. The Balaban J connectivity index is 1.72. The van der Waals surface area contributed by atoms with Crippen LogP contribution in [-0.2, 0) is 5.54 Å². The predicted molar refractivity (Wildman–Crippen MR) is 93.2 cm³/mol. The molecule has 3 aromatic rings. The summed E-state index contributed by atoms with van der Waals surface area (Å²) in [5.41, 5.74) is 3.22. The zero-order chi connectivity index (χ0) is 16.5. The number of rotatable bonds is 3. The standard InChI is InChI=1S/C17H10BrClN4O/c18-11-3-9(5-20-6-11)14(24)13-8-23(17-2-1-10(17)4-17)15-12(13)7-21-16(19)22-15/h1,3,5-8H,2,4H2. The van der Waals surface area contributed by atoms with E-state index >= 15 is 0 Å². The number of hydrogen-bond acceptors (Lipinski definition) is 4. The molecule has 7 heteroatoms. The van der Waals surface area contributed by atoms with E-state index in [9.17, 15) is 4.79 Å². The van der Waals surface area contributed by atoms with Gasteiger partial charge in [-0.05, 0) is 52.0 Å². The van der Waals surface area contributed by atoms with Crippen molar-refractivity contribution in [3.05, 3.63) is 63.4 Å². The van der Waals surface area contributed by atoms with Crippen LogP contribution in [0.4, 0.5) is 0 Å². The molecular formula is C17H10BrClN4O. The molecule has 24 heavy (non-hydrogen) atoms. The van der Waals surface area contributed by atoms with Crippen LogP contribution in [0.1, 0.15) is 28.8 Å². The van der Waals surface area contributed by atoms with Gasteiger partial charge in [0.15, 0.2) is 5.78 Å². The number of aromatic nitrogens is 4. The molecule has 0 N–H and O–H groups in total. The van der Waals surface area contributed by atoms with Crippen LogP contribution in [0, 0.1) is 0 Å². The highest BCUT2D eigenvalue weighted by Gasteiger charge is 2.56. The lowest BCUT2D eigenvalue weighted by molar-refractivity contribution is 0.103. The van der Waals surface area contributed by atoms with Gasteiger partial charge in [-0.25, -0.2) is 4.98 Å². The van der Waals surface area contributed by atoms with Crippen LogP contribution < -0.4 is 0 Å². The van der Waals surface area contributed by atoms with E-state index in [4.69, 9.17) is 11.6 Å². The summed E-state index contributed by atoms with van der Waals surface area (Å²) in [6.07, 6.45) is 11.0. The molecule has 1 atom stereocenters. The molecule has 1 fully saturated rings. The molecule has 1 unspecified atom stereocenters. The van der Waals surface area contributed by atoms with Crippen LogP contribution in [0.25, 0.3) is 11.0 Å². The summed E-state index contributed by atoms with van der Waals surface area (Å²) in [5, 5.41) is 0.906. The van der Waals surface area contributed by atoms with Gasteiger partial charge in [0.1, 0.15) is 5.65 Å². The number of ketones is 1. The van der Waals surface area contributed by atoms with Gasteiger partial charge in [0, 0.05) is 40.2 Å². The number of allylic oxidation sites excluding steroid dienone is 2. The van der Waals surface area contributed by atoms with Gasteiger partial charge in [0.05, 0.1) is 11.1 Å². The lowest BCUT2D eigenvalue weighted by Gasteiger charge is -2.21. The van der Waals surface area contributed by atoms with Gasteiger partial charge < -0.3 is 4.57 Å². The lowest BCUT2D eigenvalue weighted by atomic mass is 10.0. The molecule has 1 saturated carbocycles. The highest BCUT2D eigenvalue weighted by atomic mass is 79.9. The van der Waals surface area contributed by atoms with Crippen molar-refractivity contribution < 1.29 is 4.79 Å². The number of carbonyl (C=O) groups excluding carboxylic acids is 1. The Hall–Kier alpha value is -2.05. The first-order chi connectivity index (χ1) is 11.6. The van der Waals surface area contributed by atoms with Crippen molar-refractivity contribution in [2.75, 3.05) is 0 Å². The minimum atomic E-state index is -0.0969. The molecular weight excluding hydrogens is 392 g/mol. The molecule has 0 spiro atoms. The van der Waals surface area contributed by atoms with Crippen molar-refractivity contribution in [1.82, 2.24) is 19.5 Å². The van der Waals surface area contributed by atoms with E-state index in [1.165, 1.54) is 5.57 Å². The van der Waals surface area contributed by atoms with Crippen LogP contribution in [0.15, 0.2) is 47.0 Å². The molecule has 0 bridgehead atoms. The fourth-order valence-electron chi connectivity index (χ4n) is 3.42. The Morgan fingerprint density at radius 1 is 1.33 bits per heavy atom. The van der Waals surface area contributed by atoms with Gasteiger partial charge >= 0.3 is 0 Å². The van der Waals surface area contributed by atoms with Crippen molar-refractivity contribution in [3.63, 3.8) is 0 Å². The fourth-order valence-corrected chi connectivity index (χ4v) is 3.91. The highest BCUT2D eigenvalue weighted by molar-refractivity contribution is 9.10. The van der Waals surface area contributed by atoms with Crippen molar-refractivity contribution in [3.8, 4) is 0 Å². The monoisotopic (exact) mass is 400 g/mol. The summed E-state index contributed by atoms with van der Waals surface area (Å²) in [5.74, 6) is -0.0969. The van der Waals surface area contributed by atoms with Crippen LogP contribution in [0.5, 0.6) is 0 Å². The third-order valence-electron chi connectivity index (χ3n) is 4.83. The molecule has 2 aliphatic rings. The molecule has 5 nitrogen and oxygen atoms in total. The number of pyridine rings is 1. The van der Waals surface area contributed by atoms with Crippen molar-refractivity contribution in [2.24, 2.45) is 0 Å². The van der Waals surface area contributed by atoms with Crippen LogP contribution >= 0.6 is 27.5 Å². The summed E-state index contributed by atoms with van der Waals surface area (Å²) in [6.45, 7) is 0. The van der Waals surface area contributed by atoms with Gasteiger partial charge in [-0.3, -0.25) is 9.78 Å². The molecule has 0 radical (unpaired) electrons. The topological polar surface area (TPSA) is 60.7 Å². The summed E-state index contributed by atoms with van der Waals surface area (Å²) in [7, 11) is 0. The maximum atomic E-state index is 13.0. The number of hydrogen-bond donors (Lipinski definition) is 0. The molecule has 2 aliphatic carbocycles. The second-order valence-electron chi connectivity index (χ2n) is 6.15. The van der Waals surface area contributed by atoms with E-state index in [0.717, 1.165) is 22.7 Å². The lowest BCUT2D eigenvalue weighted by Crippen LogP contribution is -2.20. The van der Waals surface area contributed by atoms with E-state index in [2.05, 4.69) is 41.5 Å². The van der Waals surface area contributed by atoms with Gasteiger partial charge in [0.2, 0.25) is 5.28 Å². The Bertz CT molecular complexity index is 1070. The summed E-state index contributed by atoms with van der Waals surface area (Å²) in [6, 6.07) is 1.76. The van der Waals surface area contributed by atoms with Crippen molar-refractivity contribution in [1.29, 1.82) is 0 Å².